The Bertz CT molecular complexity index is 1650. The first-order chi connectivity index (χ1) is 21.8. The molecule has 0 saturated heterocycles. The van der Waals surface area contributed by atoms with Crippen molar-refractivity contribution in [3.63, 3.8) is 0 Å². The average molecular weight is 611 g/mol. The van der Waals surface area contributed by atoms with Crippen molar-refractivity contribution >= 4 is 5.97 Å². The average Bonchev–Trinajstić information content (AvgIpc) is 3.66. The van der Waals surface area contributed by atoms with E-state index >= 15 is 0 Å². The lowest BCUT2D eigenvalue weighted by atomic mass is 9.75. The quantitative estimate of drug-likeness (QED) is 0.199. The molecule has 0 bridgehead atoms. The fraction of sp³-hybridized carbons (Fsp3) is 0.528. The number of carbonyl (C=O) groups excluding carboxylic acids is 1. The Morgan fingerprint density at radius 2 is 1.84 bits per heavy atom. The van der Waals surface area contributed by atoms with Gasteiger partial charge in [0.15, 0.2) is 0 Å². The van der Waals surface area contributed by atoms with E-state index < -0.39 is 0 Å². The molecule has 3 heterocycles. The number of H-pyrrole nitrogens is 1. The number of nitrogens with one attached hydrogen (secondary N) is 1. The molecule has 2 aromatic heterocycles. The van der Waals surface area contributed by atoms with Gasteiger partial charge in [0, 0.05) is 29.8 Å². The summed E-state index contributed by atoms with van der Waals surface area (Å²) in [5.74, 6) is 1.92. The van der Waals surface area contributed by atoms with Crippen LogP contribution in [0.4, 0.5) is 0 Å². The van der Waals surface area contributed by atoms with Crippen molar-refractivity contribution in [3.05, 3.63) is 75.7 Å². The molecule has 9 heteroatoms. The number of aromatic amines is 1. The normalized spacial score (nSPS) is 21.5. The second-order valence-corrected chi connectivity index (χ2v) is 13.5. The van der Waals surface area contributed by atoms with Gasteiger partial charge in [0.05, 0.1) is 12.5 Å². The molecule has 4 unspecified atom stereocenters. The third kappa shape index (κ3) is 6.53. The highest BCUT2D eigenvalue weighted by Gasteiger charge is 2.35. The molecule has 4 atom stereocenters. The summed E-state index contributed by atoms with van der Waals surface area (Å²) in [7, 11) is 0. The molecule has 0 radical (unpaired) electrons. The minimum atomic E-state index is -0.125. The molecule has 1 N–H and O–H groups in total. The standard InChI is InChI=1S/C36H46N6O3/c1-5-9-32-31(21-25-14-16-26(17-15-25)29-11-6-7-12-30(29)35-37-39-40-38-35)36(44)41-19-8-10-27(42(32)41)22-34(43)45-33-20-24(4)13-18-28(33)23(2)3/h6-7,11-12,14-17,23-24,27-28,33H,5,8-10,13,18-22H2,1-4H3,(H,37,38,39,40). The molecule has 2 aromatic carbocycles. The van der Waals surface area contributed by atoms with E-state index in [1.165, 1.54) is 6.42 Å². The lowest BCUT2D eigenvalue weighted by Gasteiger charge is -2.37. The maximum atomic E-state index is 13.9. The Hall–Kier alpha value is -4.01. The maximum absolute atomic E-state index is 13.9. The van der Waals surface area contributed by atoms with Gasteiger partial charge in [-0.25, -0.2) is 4.68 Å². The molecule has 1 aliphatic heterocycles. The fourth-order valence-corrected chi connectivity index (χ4v) is 7.63. The molecule has 2 aliphatic rings. The van der Waals surface area contributed by atoms with Crippen molar-refractivity contribution < 1.29 is 9.53 Å². The van der Waals surface area contributed by atoms with E-state index in [0.717, 1.165) is 72.0 Å². The summed E-state index contributed by atoms with van der Waals surface area (Å²) in [4.78, 5) is 27.3. The van der Waals surface area contributed by atoms with Crippen LogP contribution in [0.25, 0.3) is 22.5 Å². The number of hydrogen-bond donors (Lipinski definition) is 1. The summed E-state index contributed by atoms with van der Waals surface area (Å²) in [5.41, 5.74) is 6.04. The summed E-state index contributed by atoms with van der Waals surface area (Å²) >= 11 is 0. The summed E-state index contributed by atoms with van der Waals surface area (Å²) in [5, 5.41) is 14.6. The van der Waals surface area contributed by atoms with Gasteiger partial charge in [-0.1, -0.05) is 89.1 Å². The number of aromatic nitrogens is 6. The highest BCUT2D eigenvalue weighted by atomic mass is 16.5. The number of nitrogens with zero attached hydrogens (tertiary/aromatic N) is 5. The number of ether oxygens (including phenoxy) is 1. The van der Waals surface area contributed by atoms with Crippen LogP contribution in [0.15, 0.2) is 53.3 Å². The summed E-state index contributed by atoms with van der Waals surface area (Å²) in [6.07, 6.45) is 7.62. The molecular formula is C36H46N6O3. The molecule has 1 aliphatic carbocycles. The number of tetrazole rings is 1. The predicted octanol–water partition coefficient (Wildman–Crippen LogP) is 6.77. The highest BCUT2D eigenvalue weighted by molar-refractivity contribution is 5.80. The zero-order chi connectivity index (χ0) is 31.5. The predicted molar refractivity (Wildman–Crippen MR) is 175 cm³/mol. The van der Waals surface area contributed by atoms with Crippen LogP contribution in [0.5, 0.6) is 0 Å². The van der Waals surface area contributed by atoms with Crippen molar-refractivity contribution in [2.75, 3.05) is 0 Å². The lowest BCUT2D eigenvalue weighted by molar-refractivity contribution is -0.157. The van der Waals surface area contributed by atoms with Gasteiger partial charge in [-0.15, -0.1) is 10.2 Å². The third-order valence-corrected chi connectivity index (χ3v) is 9.92. The van der Waals surface area contributed by atoms with E-state index in [2.05, 4.69) is 83.3 Å². The van der Waals surface area contributed by atoms with E-state index in [9.17, 15) is 9.59 Å². The van der Waals surface area contributed by atoms with E-state index in [4.69, 9.17) is 4.74 Å². The molecule has 1 fully saturated rings. The molecular weight excluding hydrogens is 564 g/mol. The molecule has 0 amide bonds. The van der Waals surface area contributed by atoms with E-state index in [1.54, 1.807) is 0 Å². The van der Waals surface area contributed by atoms with Crippen molar-refractivity contribution in [1.29, 1.82) is 0 Å². The second kappa shape index (κ2) is 13.5. The molecule has 4 aromatic rings. The summed E-state index contributed by atoms with van der Waals surface area (Å²) in [6, 6.07) is 16.3. The van der Waals surface area contributed by atoms with Gasteiger partial charge in [-0.3, -0.25) is 14.3 Å². The van der Waals surface area contributed by atoms with Gasteiger partial charge in [0.1, 0.15) is 6.10 Å². The van der Waals surface area contributed by atoms with Gasteiger partial charge in [-0.05, 0) is 71.8 Å². The molecule has 0 spiro atoms. The molecule has 45 heavy (non-hydrogen) atoms. The molecule has 6 rings (SSSR count). The summed E-state index contributed by atoms with van der Waals surface area (Å²) < 4.78 is 10.3. The monoisotopic (exact) mass is 610 g/mol. The van der Waals surface area contributed by atoms with E-state index in [-0.39, 0.29) is 23.7 Å². The molecule has 238 valence electrons. The van der Waals surface area contributed by atoms with Crippen molar-refractivity contribution in [1.82, 2.24) is 30.0 Å². The number of benzene rings is 2. The van der Waals surface area contributed by atoms with Crippen LogP contribution in [0.3, 0.4) is 0 Å². The van der Waals surface area contributed by atoms with Crippen LogP contribution < -0.4 is 5.56 Å². The molecule has 9 nitrogen and oxygen atoms in total. The molecule has 1 saturated carbocycles. The van der Waals surface area contributed by atoms with Gasteiger partial charge in [0.25, 0.3) is 5.56 Å². The first-order valence-electron chi connectivity index (χ1n) is 16.8. The first kappa shape index (κ1) is 31.0. The highest BCUT2D eigenvalue weighted by Crippen LogP contribution is 2.37. The van der Waals surface area contributed by atoms with Crippen molar-refractivity contribution in [2.24, 2.45) is 17.8 Å². The Balaban J connectivity index is 1.23. The smallest absolute Gasteiger partial charge is 0.308 e. The van der Waals surface area contributed by atoms with Crippen LogP contribution in [0.1, 0.15) is 95.5 Å². The summed E-state index contributed by atoms with van der Waals surface area (Å²) in [6.45, 7) is 9.57. The number of carbonyl (C=O) groups is 1. The maximum Gasteiger partial charge on any atom is 0.308 e. The SMILES string of the molecule is CCCc1c(Cc2ccc(-c3ccccc3-c3nn[nH]n3)cc2)c(=O)n2n1C(CC(=O)OC1CC(C)CCC1C(C)C)CCC2. The van der Waals surface area contributed by atoms with Crippen LogP contribution in [-0.4, -0.2) is 42.1 Å². The second-order valence-electron chi connectivity index (χ2n) is 13.5. The van der Waals surface area contributed by atoms with Gasteiger partial charge < -0.3 is 4.74 Å². The van der Waals surface area contributed by atoms with Crippen molar-refractivity contribution in [3.8, 4) is 22.5 Å². The number of esters is 1. The fourth-order valence-electron chi connectivity index (χ4n) is 7.63. The minimum Gasteiger partial charge on any atom is -0.462 e. The number of hydrogen-bond acceptors (Lipinski definition) is 6. The van der Waals surface area contributed by atoms with Gasteiger partial charge >= 0.3 is 5.97 Å². The van der Waals surface area contributed by atoms with Crippen LogP contribution >= 0.6 is 0 Å². The number of fused-ring (bicyclic) bond motifs is 1. The van der Waals surface area contributed by atoms with Crippen LogP contribution in [-0.2, 0) is 28.9 Å². The van der Waals surface area contributed by atoms with Gasteiger partial charge in [0.2, 0.25) is 5.82 Å². The Morgan fingerprint density at radius 3 is 2.56 bits per heavy atom. The van der Waals surface area contributed by atoms with Crippen LogP contribution in [0, 0.1) is 17.8 Å². The zero-order valence-corrected chi connectivity index (χ0v) is 27.0. The Morgan fingerprint density at radius 1 is 1.07 bits per heavy atom. The topological polar surface area (TPSA) is 108 Å². The zero-order valence-electron chi connectivity index (χ0n) is 27.0. The van der Waals surface area contributed by atoms with Gasteiger partial charge in [-0.2, -0.15) is 5.21 Å². The minimum absolute atomic E-state index is 0.00970. The lowest BCUT2D eigenvalue weighted by Crippen LogP contribution is -2.37. The van der Waals surface area contributed by atoms with E-state index in [0.29, 0.717) is 43.0 Å². The van der Waals surface area contributed by atoms with E-state index in [1.807, 2.05) is 22.9 Å². The number of rotatable bonds is 10. The third-order valence-electron chi connectivity index (χ3n) is 9.92. The van der Waals surface area contributed by atoms with Crippen molar-refractivity contribution in [2.45, 2.75) is 104 Å². The Labute approximate surface area is 265 Å². The van der Waals surface area contributed by atoms with Crippen LogP contribution in [0.2, 0.25) is 0 Å². The first-order valence-corrected chi connectivity index (χ1v) is 16.8. The largest absolute Gasteiger partial charge is 0.462 e. The Kier molecular flexibility index (Phi) is 9.33.